The molecule has 1 aliphatic rings. The molecule has 0 radical (unpaired) electrons. The van der Waals surface area contributed by atoms with E-state index in [0.717, 1.165) is 23.8 Å². The summed E-state index contributed by atoms with van der Waals surface area (Å²) in [5, 5.41) is 3.42. The molecule has 1 aromatic rings. The van der Waals surface area contributed by atoms with Crippen molar-refractivity contribution >= 4 is 0 Å². The summed E-state index contributed by atoms with van der Waals surface area (Å²) in [5.74, 6) is 2.19. The van der Waals surface area contributed by atoms with Gasteiger partial charge in [-0.2, -0.15) is 0 Å². The average molecular weight is 263 g/mol. The predicted octanol–water partition coefficient (Wildman–Crippen LogP) is 4.03. The molecular weight excluding hydrogens is 237 g/mol. The molecule has 0 heterocycles. The van der Waals surface area contributed by atoms with Gasteiger partial charge >= 0.3 is 0 Å². The molecule has 0 amide bonds. The average Bonchev–Trinajstić information content (AvgIpc) is 2.36. The van der Waals surface area contributed by atoms with Gasteiger partial charge in [0.15, 0.2) is 0 Å². The second-order valence-corrected chi connectivity index (χ2v) is 6.37. The molecule has 106 valence electrons. The van der Waals surface area contributed by atoms with Crippen LogP contribution >= 0.6 is 0 Å². The van der Waals surface area contributed by atoms with Crippen molar-refractivity contribution < 1.29 is 4.39 Å². The highest BCUT2D eigenvalue weighted by molar-refractivity contribution is 5.18. The van der Waals surface area contributed by atoms with Gasteiger partial charge in [0.2, 0.25) is 0 Å². The molecule has 19 heavy (non-hydrogen) atoms. The molecule has 0 spiro atoms. The van der Waals surface area contributed by atoms with Crippen molar-refractivity contribution in [1.29, 1.82) is 0 Å². The maximum absolute atomic E-state index is 13.8. The summed E-state index contributed by atoms with van der Waals surface area (Å²) in [6.07, 6.45) is 4.68. The zero-order valence-corrected chi connectivity index (χ0v) is 12.3. The monoisotopic (exact) mass is 263 g/mol. The first-order valence-electron chi connectivity index (χ1n) is 7.50. The van der Waals surface area contributed by atoms with Crippen molar-refractivity contribution in [2.24, 2.45) is 17.8 Å². The lowest BCUT2D eigenvalue weighted by molar-refractivity contribution is 0.179. The van der Waals surface area contributed by atoms with Crippen molar-refractivity contribution in [2.45, 2.75) is 45.6 Å². The Labute approximate surface area is 116 Å². The standard InChI is InChI=1S/C17H26FN/c1-12-8-13(2)10-15(9-12)17(19-3)11-14-6-4-5-7-16(14)18/h4-7,12-13,15,17,19H,8-11H2,1-3H3. The third-order valence-electron chi connectivity index (χ3n) is 4.55. The fourth-order valence-electron chi connectivity index (χ4n) is 3.74. The van der Waals surface area contributed by atoms with Crippen LogP contribution in [0.4, 0.5) is 4.39 Å². The zero-order valence-electron chi connectivity index (χ0n) is 12.3. The van der Waals surface area contributed by atoms with Crippen LogP contribution in [-0.4, -0.2) is 13.1 Å². The maximum Gasteiger partial charge on any atom is 0.126 e. The van der Waals surface area contributed by atoms with E-state index in [4.69, 9.17) is 0 Å². The highest BCUT2D eigenvalue weighted by Crippen LogP contribution is 2.35. The molecule has 3 atom stereocenters. The molecule has 0 saturated heterocycles. The Morgan fingerprint density at radius 3 is 2.37 bits per heavy atom. The zero-order chi connectivity index (χ0) is 13.8. The molecule has 1 saturated carbocycles. The van der Waals surface area contributed by atoms with Crippen molar-refractivity contribution in [3.63, 3.8) is 0 Å². The molecule has 1 nitrogen and oxygen atoms in total. The number of nitrogens with one attached hydrogen (secondary N) is 1. The lowest BCUT2D eigenvalue weighted by Gasteiger charge is -2.36. The van der Waals surface area contributed by atoms with Gasteiger partial charge in [-0.05, 0) is 62.1 Å². The molecule has 1 aliphatic carbocycles. The van der Waals surface area contributed by atoms with Gasteiger partial charge in [0.25, 0.3) is 0 Å². The first-order valence-corrected chi connectivity index (χ1v) is 7.50. The number of benzene rings is 1. The fourth-order valence-corrected chi connectivity index (χ4v) is 3.74. The van der Waals surface area contributed by atoms with Crippen molar-refractivity contribution in [3.05, 3.63) is 35.6 Å². The normalized spacial score (nSPS) is 29.2. The highest BCUT2D eigenvalue weighted by Gasteiger charge is 2.29. The van der Waals surface area contributed by atoms with E-state index in [1.807, 2.05) is 19.2 Å². The Morgan fingerprint density at radius 1 is 1.16 bits per heavy atom. The maximum atomic E-state index is 13.8. The van der Waals surface area contributed by atoms with Crippen LogP contribution in [0.5, 0.6) is 0 Å². The largest absolute Gasteiger partial charge is 0.316 e. The van der Waals surface area contributed by atoms with E-state index in [2.05, 4.69) is 19.2 Å². The Hall–Kier alpha value is -0.890. The van der Waals surface area contributed by atoms with E-state index in [1.54, 1.807) is 12.1 Å². The van der Waals surface area contributed by atoms with Crippen molar-refractivity contribution in [1.82, 2.24) is 5.32 Å². The molecule has 0 bridgehead atoms. The van der Waals surface area contributed by atoms with Crippen LogP contribution in [-0.2, 0) is 6.42 Å². The number of hydrogen-bond donors (Lipinski definition) is 1. The summed E-state index contributed by atoms with van der Waals surface area (Å²) in [6.45, 7) is 4.69. The molecule has 1 N–H and O–H groups in total. The number of halogens is 1. The summed E-state index contributed by atoms with van der Waals surface area (Å²) in [5.41, 5.74) is 0.840. The van der Waals surface area contributed by atoms with E-state index in [1.165, 1.54) is 19.3 Å². The van der Waals surface area contributed by atoms with Gasteiger partial charge in [-0.25, -0.2) is 4.39 Å². The predicted molar refractivity (Wildman–Crippen MR) is 78.6 cm³/mol. The third kappa shape index (κ3) is 3.79. The third-order valence-corrected chi connectivity index (χ3v) is 4.55. The van der Waals surface area contributed by atoms with E-state index in [0.29, 0.717) is 12.0 Å². The van der Waals surface area contributed by atoms with E-state index in [9.17, 15) is 4.39 Å². The minimum atomic E-state index is -0.0698. The second-order valence-electron chi connectivity index (χ2n) is 6.37. The van der Waals surface area contributed by atoms with Crippen molar-refractivity contribution in [3.8, 4) is 0 Å². The summed E-state index contributed by atoms with van der Waals surface area (Å²) in [6, 6.07) is 7.56. The Morgan fingerprint density at radius 2 is 1.79 bits per heavy atom. The minimum Gasteiger partial charge on any atom is -0.316 e. The fraction of sp³-hybridized carbons (Fsp3) is 0.647. The highest BCUT2D eigenvalue weighted by atomic mass is 19.1. The van der Waals surface area contributed by atoms with E-state index >= 15 is 0 Å². The van der Waals surface area contributed by atoms with Gasteiger partial charge < -0.3 is 5.32 Å². The molecule has 0 aromatic heterocycles. The topological polar surface area (TPSA) is 12.0 Å². The smallest absolute Gasteiger partial charge is 0.126 e. The Balaban J connectivity index is 2.05. The van der Waals surface area contributed by atoms with Gasteiger partial charge in [0.05, 0.1) is 0 Å². The van der Waals surface area contributed by atoms with Gasteiger partial charge in [0, 0.05) is 6.04 Å². The number of rotatable bonds is 4. The summed E-state index contributed by atoms with van der Waals surface area (Å²) < 4.78 is 13.8. The number of likely N-dealkylation sites (N-methyl/N-ethyl adjacent to an activating group) is 1. The minimum absolute atomic E-state index is 0.0698. The molecule has 2 heteroatoms. The lowest BCUT2D eigenvalue weighted by atomic mass is 9.72. The molecule has 1 fully saturated rings. The van der Waals surface area contributed by atoms with Crippen LogP contribution in [0, 0.1) is 23.6 Å². The summed E-state index contributed by atoms with van der Waals surface area (Å²) >= 11 is 0. The molecule has 0 aliphatic heterocycles. The lowest BCUT2D eigenvalue weighted by Crippen LogP contribution is -2.39. The summed E-state index contributed by atoms with van der Waals surface area (Å²) in [7, 11) is 2.01. The SMILES string of the molecule is CNC(Cc1ccccc1F)C1CC(C)CC(C)C1. The van der Waals surface area contributed by atoms with Gasteiger partial charge in [-0.1, -0.05) is 32.0 Å². The molecular formula is C17H26FN. The first kappa shape index (κ1) is 14.5. The quantitative estimate of drug-likeness (QED) is 0.865. The second kappa shape index (κ2) is 6.51. The van der Waals surface area contributed by atoms with E-state index < -0.39 is 0 Å². The van der Waals surface area contributed by atoms with Crippen LogP contribution < -0.4 is 5.32 Å². The first-order chi connectivity index (χ1) is 9.10. The van der Waals surface area contributed by atoms with Crippen molar-refractivity contribution in [2.75, 3.05) is 7.05 Å². The van der Waals surface area contributed by atoms with Crippen LogP contribution in [0.25, 0.3) is 0 Å². The van der Waals surface area contributed by atoms with Gasteiger partial charge in [-0.3, -0.25) is 0 Å². The summed E-state index contributed by atoms with van der Waals surface area (Å²) in [4.78, 5) is 0. The van der Waals surface area contributed by atoms with Crippen LogP contribution in [0.2, 0.25) is 0 Å². The van der Waals surface area contributed by atoms with Crippen LogP contribution in [0.1, 0.15) is 38.7 Å². The molecule has 2 rings (SSSR count). The van der Waals surface area contributed by atoms with Crippen LogP contribution in [0.3, 0.4) is 0 Å². The van der Waals surface area contributed by atoms with Gasteiger partial charge in [-0.15, -0.1) is 0 Å². The molecule has 3 unspecified atom stereocenters. The van der Waals surface area contributed by atoms with Gasteiger partial charge in [0.1, 0.15) is 5.82 Å². The van der Waals surface area contributed by atoms with Crippen LogP contribution in [0.15, 0.2) is 24.3 Å². The Bertz CT molecular complexity index is 394. The Kier molecular flexibility index (Phi) is 4.98. The molecule has 1 aromatic carbocycles. The number of hydrogen-bond acceptors (Lipinski definition) is 1. The van der Waals surface area contributed by atoms with E-state index in [-0.39, 0.29) is 5.82 Å².